The fourth-order valence-electron chi connectivity index (χ4n) is 4.44. The van der Waals surface area contributed by atoms with Crippen molar-refractivity contribution in [2.45, 2.75) is 44.7 Å². The first-order chi connectivity index (χ1) is 15.4. The zero-order valence-electron chi connectivity index (χ0n) is 17.8. The molecule has 9 heteroatoms. The first kappa shape index (κ1) is 21.6. The number of para-hydroxylation sites is 1. The SMILES string of the molecule is C[C@@H]1CCCC[C@@]12NC(=O)N(CC(=O)Nc1ccccc1C(=O)NCc1ccco1)C2=O. The van der Waals surface area contributed by atoms with Gasteiger partial charge >= 0.3 is 6.03 Å². The maximum absolute atomic E-state index is 13.1. The highest BCUT2D eigenvalue weighted by Crippen LogP contribution is 2.38. The molecule has 1 aromatic carbocycles. The minimum atomic E-state index is -0.917. The highest BCUT2D eigenvalue weighted by molar-refractivity contribution is 6.11. The maximum atomic E-state index is 13.1. The molecule has 2 fully saturated rings. The summed E-state index contributed by atoms with van der Waals surface area (Å²) in [6.07, 6.45) is 4.83. The van der Waals surface area contributed by atoms with E-state index in [0.717, 1.165) is 24.2 Å². The number of carbonyl (C=O) groups excluding carboxylic acids is 4. The van der Waals surface area contributed by atoms with Crippen LogP contribution in [0, 0.1) is 5.92 Å². The second-order valence-electron chi connectivity index (χ2n) is 8.30. The van der Waals surface area contributed by atoms with Gasteiger partial charge in [0.1, 0.15) is 17.8 Å². The van der Waals surface area contributed by atoms with Crippen LogP contribution in [-0.4, -0.2) is 40.7 Å². The number of nitrogens with one attached hydrogen (secondary N) is 3. The minimum Gasteiger partial charge on any atom is -0.467 e. The van der Waals surface area contributed by atoms with Crippen LogP contribution < -0.4 is 16.0 Å². The number of nitrogens with zero attached hydrogens (tertiary/aromatic N) is 1. The van der Waals surface area contributed by atoms with E-state index in [1.165, 1.54) is 6.26 Å². The predicted octanol–water partition coefficient (Wildman–Crippen LogP) is 2.65. The van der Waals surface area contributed by atoms with Gasteiger partial charge in [-0.1, -0.05) is 31.9 Å². The van der Waals surface area contributed by atoms with Crippen LogP contribution in [0.1, 0.15) is 48.7 Å². The number of benzene rings is 1. The van der Waals surface area contributed by atoms with E-state index < -0.39 is 24.0 Å². The molecule has 168 valence electrons. The van der Waals surface area contributed by atoms with Crippen molar-refractivity contribution in [1.82, 2.24) is 15.5 Å². The topological polar surface area (TPSA) is 121 Å². The summed E-state index contributed by atoms with van der Waals surface area (Å²) in [5.74, 6) is -0.680. The molecule has 0 radical (unpaired) electrons. The molecule has 3 N–H and O–H groups in total. The van der Waals surface area contributed by atoms with Gasteiger partial charge in [0.2, 0.25) is 5.91 Å². The van der Waals surface area contributed by atoms with E-state index in [1.54, 1.807) is 36.4 Å². The van der Waals surface area contributed by atoms with Crippen LogP contribution in [0.5, 0.6) is 0 Å². The van der Waals surface area contributed by atoms with E-state index in [4.69, 9.17) is 4.42 Å². The molecule has 1 saturated heterocycles. The maximum Gasteiger partial charge on any atom is 0.325 e. The van der Waals surface area contributed by atoms with E-state index in [2.05, 4.69) is 16.0 Å². The Bertz CT molecular complexity index is 1030. The van der Waals surface area contributed by atoms with E-state index in [-0.39, 0.29) is 29.8 Å². The number of amides is 5. The van der Waals surface area contributed by atoms with E-state index in [1.807, 2.05) is 6.92 Å². The Kier molecular flexibility index (Phi) is 5.98. The lowest BCUT2D eigenvalue weighted by molar-refractivity contribution is -0.136. The molecule has 32 heavy (non-hydrogen) atoms. The summed E-state index contributed by atoms with van der Waals surface area (Å²) < 4.78 is 5.20. The fourth-order valence-corrected chi connectivity index (χ4v) is 4.44. The number of rotatable bonds is 6. The zero-order valence-corrected chi connectivity index (χ0v) is 17.8. The van der Waals surface area contributed by atoms with Crippen LogP contribution in [0.25, 0.3) is 0 Å². The van der Waals surface area contributed by atoms with Gasteiger partial charge in [0.25, 0.3) is 11.8 Å². The molecule has 1 aromatic heterocycles. The third kappa shape index (κ3) is 4.10. The average molecular weight is 438 g/mol. The molecule has 2 aliphatic rings. The standard InChI is InChI=1S/C23H26N4O5/c1-15-7-4-5-11-23(15)21(30)27(22(31)26-23)14-19(28)25-18-10-3-2-9-17(18)20(29)24-13-16-8-6-12-32-16/h2-3,6,8-10,12,15H,4-5,7,11,13-14H2,1H3,(H,24,29)(H,25,28)(H,26,31)/t15-,23-/m1/s1. The van der Waals surface area contributed by atoms with Crippen LogP contribution in [0.2, 0.25) is 0 Å². The van der Waals surface area contributed by atoms with Gasteiger partial charge in [0.15, 0.2) is 0 Å². The van der Waals surface area contributed by atoms with Gasteiger partial charge < -0.3 is 20.4 Å². The molecule has 1 aliphatic heterocycles. The monoisotopic (exact) mass is 438 g/mol. The summed E-state index contributed by atoms with van der Waals surface area (Å²) in [6, 6.07) is 9.46. The Morgan fingerprint density at radius 2 is 2.00 bits per heavy atom. The number of anilines is 1. The Hall–Kier alpha value is -3.62. The number of carbonyl (C=O) groups is 4. The van der Waals surface area contributed by atoms with Gasteiger partial charge in [-0.15, -0.1) is 0 Å². The van der Waals surface area contributed by atoms with Crippen molar-refractivity contribution in [1.29, 1.82) is 0 Å². The predicted molar refractivity (Wildman–Crippen MR) is 116 cm³/mol. The molecule has 1 aliphatic carbocycles. The van der Waals surface area contributed by atoms with Crippen LogP contribution in [-0.2, 0) is 16.1 Å². The van der Waals surface area contributed by atoms with Crippen LogP contribution in [0.4, 0.5) is 10.5 Å². The van der Waals surface area contributed by atoms with E-state index in [9.17, 15) is 19.2 Å². The number of hydrogen-bond donors (Lipinski definition) is 3. The smallest absolute Gasteiger partial charge is 0.325 e. The second-order valence-corrected chi connectivity index (χ2v) is 8.30. The minimum absolute atomic E-state index is 0.0133. The molecule has 2 aromatic rings. The molecular weight excluding hydrogens is 412 g/mol. The summed E-state index contributed by atoms with van der Waals surface area (Å²) in [5, 5.41) is 8.22. The number of hydrogen-bond acceptors (Lipinski definition) is 5. The van der Waals surface area contributed by atoms with Crippen molar-refractivity contribution in [3.8, 4) is 0 Å². The molecule has 2 heterocycles. The Morgan fingerprint density at radius 3 is 2.75 bits per heavy atom. The van der Waals surface area contributed by atoms with Crippen molar-refractivity contribution >= 4 is 29.4 Å². The lowest BCUT2D eigenvalue weighted by Crippen LogP contribution is -2.54. The van der Waals surface area contributed by atoms with E-state index >= 15 is 0 Å². The lowest BCUT2D eigenvalue weighted by Gasteiger charge is -2.36. The van der Waals surface area contributed by atoms with Crippen molar-refractivity contribution in [2.75, 3.05) is 11.9 Å². The lowest BCUT2D eigenvalue weighted by atomic mass is 9.73. The average Bonchev–Trinajstić information content (AvgIpc) is 3.38. The van der Waals surface area contributed by atoms with Crippen LogP contribution in [0.3, 0.4) is 0 Å². The Morgan fingerprint density at radius 1 is 1.19 bits per heavy atom. The van der Waals surface area contributed by atoms with Crippen molar-refractivity contribution in [3.05, 3.63) is 54.0 Å². The molecule has 5 amide bonds. The fraction of sp³-hybridized carbons (Fsp3) is 0.391. The normalized spacial score (nSPS) is 22.7. The number of imide groups is 1. The number of furan rings is 1. The number of urea groups is 1. The quantitative estimate of drug-likeness (QED) is 0.599. The molecule has 9 nitrogen and oxygen atoms in total. The summed E-state index contributed by atoms with van der Waals surface area (Å²) >= 11 is 0. The second kappa shape index (κ2) is 8.86. The molecule has 4 rings (SSSR count). The highest BCUT2D eigenvalue weighted by Gasteiger charge is 2.55. The molecule has 1 spiro atoms. The highest BCUT2D eigenvalue weighted by atomic mass is 16.3. The van der Waals surface area contributed by atoms with E-state index in [0.29, 0.717) is 17.9 Å². The third-order valence-corrected chi connectivity index (χ3v) is 6.25. The molecule has 1 saturated carbocycles. The summed E-state index contributed by atoms with van der Waals surface area (Å²) in [7, 11) is 0. The van der Waals surface area contributed by atoms with Gasteiger partial charge in [0.05, 0.1) is 24.1 Å². The molecular formula is C23H26N4O5. The van der Waals surface area contributed by atoms with Gasteiger partial charge in [-0.3, -0.25) is 19.3 Å². The largest absolute Gasteiger partial charge is 0.467 e. The van der Waals surface area contributed by atoms with Gasteiger partial charge in [0, 0.05) is 0 Å². The summed E-state index contributed by atoms with van der Waals surface area (Å²) in [5.41, 5.74) is -0.358. The molecule has 0 bridgehead atoms. The van der Waals surface area contributed by atoms with Crippen molar-refractivity contribution < 1.29 is 23.6 Å². The van der Waals surface area contributed by atoms with Crippen LogP contribution >= 0.6 is 0 Å². The first-order valence-electron chi connectivity index (χ1n) is 10.7. The van der Waals surface area contributed by atoms with Crippen LogP contribution in [0.15, 0.2) is 47.1 Å². The molecule has 2 atom stereocenters. The molecule has 0 unspecified atom stereocenters. The summed E-state index contributed by atoms with van der Waals surface area (Å²) in [6.45, 7) is 1.75. The van der Waals surface area contributed by atoms with Crippen molar-refractivity contribution in [3.63, 3.8) is 0 Å². The van der Waals surface area contributed by atoms with Gasteiger partial charge in [-0.05, 0) is 43.0 Å². The third-order valence-electron chi connectivity index (χ3n) is 6.25. The van der Waals surface area contributed by atoms with Gasteiger partial charge in [-0.2, -0.15) is 0 Å². The van der Waals surface area contributed by atoms with Gasteiger partial charge in [-0.25, -0.2) is 4.79 Å². The van der Waals surface area contributed by atoms with Crippen molar-refractivity contribution in [2.24, 2.45) is 5.92 Å². The zero-order chi connectivity index (χ0) is 22.7. The Balaban J connectivity index is 1.42. The Labute approximate surface area is 185 Å². The first-order valence-corrected chi connectivity index (χ1v) is 10.7. The summed E-state index contributed by atoms with van der Waals surface area (Å²) in [4.78, 5) is 51.8.